The molecule has 0 aromatic heterocycles. The van der Waals surface area contributed by atoms with Crippen molar-refractivity contribution in [2.75, 3.05) is 10.2 Å². The van der Waals surface area contributed by atoms with Gasteiger partial charge >= 0.3 is 0 Å². The molecule has 150 valence electrons. The Hall–Kier alpha value is -2.86. The van der Waals surface area contributed by atoms with Crippen LogP contribution in [0.3, 0.4) is 0 Å². The summed E-state index contributed by atoms with van der Waals surface area (Å²) in [6.07, 6.45) is 0. The lowest BCUT2D eigenvalue weighted by Crippen LogP contribution is -2.32. The molecule has 3 rings (SSSR count). The fourth-order valence-corrected chi connectivity index (χ4v) is 4.22. The van der Waals surface area contributed by atoms with Gasteiger partial charge in [-0.1, -0.05) is 38.1 Å². The number of imide groups is 1. The van der Waals surface area contributed by atoms with Crippen molar-refractivity contribution in [3.63, 3.8) is 0 Å². The highest BCUT2D eigenvalue weighted by molar-refractivity contribution is 8.04. The Labute approximate surface area is 175 Å². The average Bonchev–Trinajstić information content (AvgIpc) is 2.88. The van der Waals surface area contributed by atoms with Gasteiger partial charge < -0.3 is 5.32 Å². The Kier molecular flexibility index (Phi) is 5.94. The summed E-state index contributed by atoms with van der Waals surface area (Å²) >= 11 is 1.40. The lowest BCUT2D eigenvalue weighted by atomic mass is 10.0. The molecule has 1 N–H and O–H groups in total. The van der Waals surface area contributed by atoms with Gasteiger partial charge in [0.15, 0.2) is 0 Å². The minimum atomic E-state index is -0.320. The van der Waals surface area contributed by atoms with Crippen LogP contribution in [0.1, 0.15) is 37.5 Å². The molecule has 0 unspecified atom stereocenters. The summed E-state index contributed by atoms with van der Waals surface area (Å²) in [5.41, 5.74) is 4.26. The summed E-state index contributed by atoms with van der Waals surface area (Å²) < 4.78 is 0. The van der Waals surface area contributed by atoms with Gasteiger partial charge in [-0.25, -0.2) is 4.90 Å². The number of benzene rings is 2. The Morgan fingerprint density at radius 3 is 2.24 bits per heavy atom. The first-order valence-electron chi connectivity index (χ1n) is 9.44. The molecule has 0 bridgehead atoms. The van der Waals surface area contributed by atoms with Crippen molar-refractivity contribution in [2.24, 2.45) is 0 Å². The first-order chi connectivity index (χ1) is 13.7. The van der Waals surface area contributed by atoms with E-state index in [1.165, 1.54) is 23.6 Å². The molecule has 3 amide bonds. The van der Waals surface area contributed by atoms with Crippen LogP contribution in [0, 0.1) is 13.8 Å². The van der Waals surface area contributed by atoms with E-state index in [0.29, 0.717) is 27.4 Å². The zero-order valence-corrected chi connectivity index (χ0v) is 18.0. The van der Waals surface area contributed by atoms with Gasteiger partial charge in [0.1, 0.15) is 0 Å². The summed E-state index contributed by atoms with van der Waals surface area (Å²) in [4.78, 5) is 39.7. The van der Waals surface area contributed by atoms with Crippen LogP contribution in [0.25, 0.3) is 5.57 Å². The van der Waals surface area contributed by atoms with Crippen LogP contribution < -0.4 is 10.2 Å². The fourth-order valence-electron chi connectivity index (χ4n) is 3.23. The third-order valence-electron chi connectivity index (χ3n) is 4.71. The van der Waals surface area contributed by atoms with E-state index in [4.69, 9.17) is 0 Å². The molecular weight excluding hydrogens is 384 g/mol. The maximum Gasteiger partial charge on any atom is 0.272 e. The van der Waals surface area contributed by atoms with Crippen molar-refractivity contribution in [1.82, 2.24) is 0 Å². The molecule has 0 fully saturated rings. The number of amides is 3. The van der Waals surface area contributed by atoms with Gasteiger partial charge in [0.05, 0.1) is 16.2 Å². The van der Waals surface area contributed by atoms with Crippen molar-refractivity contribution in [1.29, 1.82) is 0 Å². The number of hydrogen-bond acceptors (Lipinski definition) is 4. The number of carbonyl (C=O) groups excluding carboxylic acids is 3. The van der Waals surface area contributed by atoms with E-state index in [2.05, 4.69) is 5.32 Å². The van der Waals surface area contributed by atoms with E-state index >= 15 is 0 Å². The van der Waals surface area contributed by atoms with Gasteiger partial charge in [-0.2, -0.15) is 0 Å². The van der Waals surface area contributed by atoms with E-state index in [9.17, 15) is 14.4 Å². The average molecular weight is 409 g/mol. The van der Waals surface area contributed by atoms with Crippen molar-refractivity contribution < 1.29 is 14.4 Å². The summed E-state index contributed by atoms with van der Waals surface area (Å²) in [7, 11) is 0. The van der Waals surface area contributed by atoms with Crippen molar-refractivity contribution in [2.45, 2.75) is 39.9 Å². The Balaban J connectivity index is 2.08. The number of thioether (sulfide) groups is 1. The quantitative estimate of drug-likeness (QED) is 0.729. The molecule has 0 atom stereocenters. The van der Waals surface area contributed by atoms with Crippen LogP contribution in [0.15, 0.2) is 47.4 Å². The summed E-state index contributed by atoms with van der Waals surface area (Å²) in [6, 6.07) is 12.6. The molecule has 1 aliphatic rings. The van der Waals surface area contributed by atoms with Gasteiger partial charge in [-0.05, 0) is 48.7 Å². The smallest absolute Gasteiger partial charge is 0.272 e. The molecular formula is C23H24N2O3S. The first-order valence-corrected chi connectivity index (χ1v) is 10.3. The maximum absolute atomic E-state index is 13.4. The van der Waals surface area contributed by atoms with E-state index in [0.717, 1.165) is 11.1 Å². The number of nitrogens with one attached hydrogen (secondary N) is 1. The second-order valence-corrected chi connectivity index (χ2v) is 8.88. The van der Waals surface area contributed by atoms with Gasteiger partial charge in [0.2, 0.25) is 5.91 Å². The molecule has 1 heterocycles. The second kappa shape index (κ2) is 8.25. The lowest BCUT2D eigenvalue weighted by molar-refractivity contribution is -0.120. The highest BCUT2D eigenvalue weighted by atomic mass is 32.2. The van der Waals surface area contributed by atoms with Gasteiger partial charge in [0, 0.05) is 17.9 Å². The predicted octanol–water partition coefficient (Wildman–Crippen LogP) is 4.69. The third kappa shape index (κ3) is 4.12. The Morgan fingerprint density at radius 1 is 1.00 bits per heavy atom. The number of carbonyl (C=O) groups is 3. The number of anilines is 2. The lowest BCUT2D eigenvalue weighted by Gasteiger charge is -2.19. The molecule has 2 aromatic rings. The fraction of sp³-hybridized carbons (Fsp3) is 0.261. The van der Waals surface area contributed by atoms with Gasteiger partial charge in [-0.3, -0.25) is 14.4 Å². The summed E-state index contributed by atoms with van der Waals surface area (Å²) in [5, 5.41) is 2.86. The monoisotopic (exact) mass is 408 g/mol. The molecule has 6 heteroatoms. The van der Waals surface area contributed by atoms with Gasteiger partial charge in [-0.15, -0.1) is 11.8 Å². The Bertz CT molecular complexity index is 1020. The van der Waals surface area contributed by atoms with E-state index in [-0.39, 0.29) is 23.0 Å². The summed E-state index contributed by atoms with van der Waals surface area (Å²) in [6.45, 7) is 9.31. The molecule has 0 saturated heterocycles. The van der Waals surface area contributed by atoms with Gasteiger partial charge in [0.25, 0.3) is 11.8 Å². The predicted molar refractivity (Wildman–Crippen MR) is 119 cm³/mol. The van der Waals surface area contributed by atoms with Crippen LogP contribution >= 0.6 is 11.8 Å². The minimum absolute atomic E-state index is 0.147. The summed E-state index contributed by atoms with van der Waals surface area (Å²) in [5.74, 6) is -0.774. The molecule has 0 aliphatic carbocycles. The van der Waals surface area contributed by atoms with E-state index in [1.54, 1.807) is 30.3 Å². The van der Waals surface area contributed by atoms with Crippen LogP contribution in [0.5, 0.6) is 0 Å². The van der Waals surface area contributed by atoms with Crippen LogP contribution in [0.4, 0.5) is 11.4 Å². The van der Waals surface area contributed by atoms with Crippen molar-refractivity contribution >= 4 is 46.4 Å². The zero-order valence-electron chi connectivity index (χ0n) is 17.2. The maximum atomic E-state index is 13.4. The van der Waals surface area contributed by atoms with Crippen molar-refractivity contribution in [3.05, 3.63) is 64.1 Å². The van der Waals surface area contributed by atoms with Crippen LogP contribution in [-0.2, 0) is 14.4 Å². The number of aryl methyl sites for hydroxylation is 1. The topological polar surface area (TPSA) is 66.5 Å². The first kappa shape index (κ1) is 20.9. The second-order valence-electron chi connectivity index (χ2n) is 7.29. The molecule has 0 radical (unpaired) electrons. The number of nitrogens with zero attached hydrogens (tertiary/aromatic N) is 1. The SMILES string of the molecule is CC(=O)Nc1ccc(C2=C(SC(C)C)C(=O)N(c3cccc(C)c3C)C2=O)cc1. The van der Waals surface area contributed by atoms with Crippen molar-refractivity contribution in [3.8, 4) is 0 Å². The van der Waals surface area contributed by atoms with Crippen LogP contribution in [-0.4, -0.2) is 23.0 Å². The largest absolute Gasteiger partial charge is 0.326 e. The highest BCUT2D eigenvalue weighted by Crippen LogP contribution is 2.41. The standard InChI is InChI=1S/C23H24N2O3S/c1-13(2)29-21-20(17-9-11-18(12-10-17)24-16(5)26)22(27)25(23(21)28)19-8-6-7-14(3)15(19)4/h6-13H,1-5H3,(H,24,26). The third-order valence-corrected chi connectivity index (χ3v) is 5.79. The molecule has 1 aliphatic heterocycles. The van der Waals surface area contributed by atoms with E-state index in [1.807, 2.05) is 39.8 Å². The molecule has 2 aromatic carbocycles. The normalized spacial score (nSPS) is 14.2. The number of hydrogen-bond donors (Lipinski definition) is 1. The molecule has 29 heavy (non-hydrogen) atoms. The van der Waals surface area contributed by atoms with E-state index < -0.39 is 0 Å². The molecule has 0 spiro atoms. The zero-order chi connectivity index (χ0) is 21.3. The minimum Gasteiger partial charge on any atom is -0.326 e. The van der Waals surface area contributed by atoms with Crippen LogP contribution in [0.2, 0.25) is 0 Å². The molecule has 0 saturated carbocycles. The molecule has 5 nitrogen and oxygen atoms in total. The number of rotatable bonds is 5. The Morgan fingerprint density at radius 2 is 1.66 bits per heavy atom. The highest BCUT2D eigenvalue weighted by Gasteiger charge is 2.41.